The van der Waals surface area contributed by atoms with E-state index < -0.39 is 17.8 Å². The summed E-state index contributed by atoms with van der Waals surface area (Å²) in [5.74, 6) is 0.0440. The number of aliphatic hydroxyl groups excluding tert-OH is 1. The van der Waals surface area contributed by atoms with Gasteiger partial charge < -0.3 is 14.7 Å². The number of piperidine rings is 1. The van der Waals surface area contributed by atoms with E-state index in [1.54, 1.807) is 29.2 Å². The average Bonchev–Trinajstić information content (AvgIpc) is 2.66. The summed E-state index contributed by atoms with van der Waals surface area (Å²) in [7, 11) is 1.39. The Kier molecular flexibility index (Phi) is 5.41. The molecule has 0 unspecified atom stereocenters. The Balaban J connectivity index is 1.97. The van der Waals surface area contributed by atoms with Crippen LogP contribution in [-0.4, -0.2) is 42.2 Å². The fourth-order valence-corrected chi connectivity index (χ4v) is 3.25. The van der Waals surface area contributed by atoms with Crippen molar-refractivity contribution in [2.75, 3.05) is 20.2 Å². The van der Waals surface area contributed by atoms with Crippen LogP contribution in [-0.2, 0) is 6.18 Å². The predicted octanol–water partition coefficient (Wildman–Crippen LogP) is 3.98. The zero-order valence-electron chi connectivity index (χ0n) is 14.8. The van der Waals surface area contributed by atoms with Crippen molar-refractivity contribution in [3.05, 3.63) is 53.6 Å². The lowest BCUT2D eigenvalue weighted by Crippen LogP contribution is -2.42. The molecule has 1 aliphatic rings. The largest absolute Gasteiger partial charge is 0.496 e. The van der Waals surface area contributed by atoms with Gasteiger partial charge in [-0.25, -0.2) is 0 Å². The Bertz CT molecular complexity index is 835. The number of methoxy groups -OCH3 is 1. The van der Waals surface area contributed by atoms with E-state index in [-0.39, 0.29) is 18.0 Å². The average molecular weight is 379 g/mol. The number of carbonyl (C=O) groups excluding carboxylic acids is 1. The van der Waals surface area contributed by atoms with Crippen LogP contribution in [0.4, 0.5) is 13.2 Å². The summed E-state index contributed by atoms with van der Waals surface area (Å²) in [6, 6.07) is 9.70. The number of hydrogen-bond acceptors (Lipinski definition) is 3. The number of hydrogen-bond donors (Lipinski definition) is 1. The van der Waals surface area contributed by atoms with Gasteiger partial charge in [-0.05, 0) is 48.7 Å². The van der Waals surface area contributed by atoms with E-state index in [9.17, 15) is 23.1 Å². The van der Waals surface area contributed by atoms with Gasteiger partial charge in [0.2, 0.25) is 0 Å². The Labute approximate surface area is 155 Å². The molecule has 144 valence electrons. The monoisotopic (exact) mass is 379 g/mol. The molecule has 2 aromatic carbocycles. The van der Waals surface area contributed by atoms with Crippen molar-refractivity contribution in [1.29, 1.82) is 0 Å². The highest BCUT2D eigenvalue weighted by atomic mass is 19.4. The standard InChI is InChI=1S/C20H20F3NO3/c1-27-18-8-7-15(20(21,22)23)11-17(18)13-4-2-5-14(10-13)19(26)24-9-3-6-16(25)12-24/h2,4-5,7-8,10-11,16,25H,3,6,9,12H2,1H3/t16-/m0/s1. The van der Waals surface area contributed by atoms with Gasteiger partial charge in [0.25, 0.3) is 5.91 Å². The van der Waals surface area contributed by atoms with E-state index in [4.69, 9.17) is 4.74 Å². The van der Waals surface area contributed by atoms with Crippen LogP contribution in [0.1, 0.15) is 28.8 Å². The Hall–Kier alpha value is -2.54. The van der Waals surface area contributed by atoms with Gasteiger partial charge in [0.05, 0.1) is 18.8 Å². The fraction of sp³-hybridized carbons (Fsp3) is 0.350. The second-order valence-corrected chi connectivity index (χ2v) is 6.54. The highest BCUT2D eigenvalue weighted by Gasteiger charge is 2.31. The zero-order valence-corrected chi connectivity index (χ0v) is 14.8. The van der Waals surface area contributed by atoms with Gasteiger partial charge in [-0.2, -0.15) is 13.2 Å². The van der Waals surface area contributed by atoms with E-state index in [0.717, 1.165) is 12.1 Å². The predicted molar refractivity (Wildman–Crippen MR) is 94.6 cm³/mol. The Morgan fingerprint density at radius 2 is 2.00 bits per heavy atom. The number of nitrogens with zero attached hydrogens (tertiary/aromatic N) is 1. The first-order chi connectivity index (χ1) is 12.8. The van der Waals surface area contributed by atoms with E-state index in [2.05, 4.69) is 0 Å². The topological polar surface area (TPSA) is 49.8 Å². The van der Waals surface area contributed by atoms with E-state index in [0.29, 0.717) is 36.3 Å². The maximum Gasteiger partial charge on any atom is 0.416 e. The summed E-state index contributed by atoms with van der Waals surface area (Å²) >= 11 is 0. The number of likely N-dealkylation sites (tertiary alicyclic amines) is 1. The van der Waals surface area contributed by atoms with Crippen LogP contribution in [0, 0.1) is 0 Å². The molecule has 3 rings (SSSR count). The van der Waals surface area contributed by atoms with Gasteiger partial charge in [-0.15, -0.1) is 0 Å². The molecule has 1 aliphatic heterocycles. The zero-order chi connectivity index (χ0) is 19.6. The number of amides is 1. The highest BCUT2D eigenvalue weighted by molar-refractivity contribution is 5.95. The molecule has 27 heavy (non-hydrogen) atoms. The Morgan fingerprint density at radius 1 is 1.22 bits per heavy atom. The molecular formula is C20H20F3NO3. The van der Waals surface area contributed by atoms with Crippen LogP contribution in [0.5, 0.6) is 5.75 Å². The van der Waals surface area contributed by atoms with Crippen molar-refractivity contribution in [3.63, 3.8) is 0 Å². The second-order valence-electron chi connectivity index (χ2n) is 6.54. The van der Waals surface area contributed by atoms with Crippen molar-refractivity contribution >= 4 is 5.91 Å². The number of carbonyl (C=O) groups is 1. The maximum absolute atomic E-state index is 13.1. The van der Waals surface area contributed by atoms with Crippen LogP contribution in [0.25, 0.3) is 11.1 Å². The van der Waals surface area contributed by atoms with Crippen molar-refractivity contribution in [2.45, 2.75) is 25.1 Å². The maximum atomic E-state index is 13.1. The number of alkyl halides is 3. The molecule has 1 N–H and O–H groups in total. The van der Waals surface area contributed by atoms with Gasteiger partial charge >= 0.3 is 6.18 Å². The van der Waals surface area contributed by atoms with Crippen LogP contribution in [0.2, 0.25) is 0 Å². The third-order valence-electron chi connectivity index (χ3n) is 4.63. The first kappa shape index (κ1) is 19.2. The van der Waals surface area contributed by atoms with Crippen molar-refractivity contribution in [1.82, 2.24) is 4.90 Å². The number of aliphatic hydroxyl groups is 1. The van der Waals surface area contributed by atoms with Crippen molar-refractivity contribution in [3.8, 4) is 16.9 Å². The fourth-order valence-electron chi connectivity index (χ4n) is 3.25. The van der Waals surface area contributed by atoms with Crippen LogP contribution < -0.4 is 4.74 Å². The summed E-state index contributed by atoms with van der Waals surface area (Å²) < 4.78 is 44.4. The summed E-state index contributed by atoms with van der Waals surface area (Å²) in [6.07, 6.45) is -3.65. The first-order valence-electron chi connectivity index (χ1n) is 8.62. The number of rotatable bonds is 3. The molecule has 4 nitrogen and oxygen atoms in total. The molecular weight excluding hydrogens is 359 g/mol. The molecule has 0 saturated carbocycles. The second kappa shape index (κ2) is 7.60. The lowest BCUT2D eigenvalue weighted by molar-refractivity contribution is -0.137. The molecule has 0 radical (unpaired) electrons. The van der Waals surface area contributed by atoms with E-state index in [1.165, 1.54) is 13.2 Å². The van der Waals surface area contributed by atoms with E-state index in [1.807, 2.05) is 0 Å². The summed E-state index contributed by atoms with van der Waals surface area (Å²) in [4.78, 5) is 14.3. The molecule has 2 aromatic rings. The van der Waals surface area contributed by atoms with Gasteiger partial charge in [0, 0.05) is 24.2 Å². The van der Waals surface area contributed by atoms with Crippen LogP contribution in [0.3, 0.4) is 0 Å². The number of halogens is 3. The minimum absolute atomic E-state index is 0.249. The molecule has 1 saturated heterocycles. The Morgan fingerprint density at radius 3 is 2.67 bits per heavy atom. The lowest BCUT2D eigenvalue weighted by Gasteiger charge is -2.30. The highest BCUT2D eigenvalue weighted by Crippen LogP contribution is 2.37. The first-order valence-corrected chi connectivity index (χ1v) is 8.62. The number of benzene rings is 2. The molecule has 7 heteroatoms. The lowest BCUT2D eigenvalue weighted by atomic mass is 9.99. The van der Waals surface area contributed by atoms with Gasteiger partial charge in [0.15, 0.2) is 0 Å². The molecule has 1 atom stereocenters. The molecule has 1 heterocycles. The van der Waals surface area contributed by atoms with Crippen molar-refractivity contribution < 1.29 is 27.8 Å². The third kappa shape index (κ3) is 4.24. The summed E-state index contributed by atoms with van der Waals surface area (Å²) in [5.41, 5.74) is 0.303. The van der Waals surface area contributed by atoms with Gasteiger partial charge in [-0.3, -0.25) is 4.79 Å². The molecule has 0 aliphatic carbocycles. The van der Waals surface area contributed by atoms with Crippen molar-refractivity contribution in [2.24, 2.45) is 0 Å². The molecule has 0 aromatic heterocycles. The normalized spacial score (nSPS) is 17.7. The quantitative estimate of drug-likeness (QED) is 0.878. The minimum atomic E-state index is -4.47. The molecule has 0 bridgehead atoms. The van der Waals surface area contributed by atoms with E-state index >= 15 is 0 Å². The third-order valence-corrected chi connectivity index (χ3v) is 4.63. The molecule has 1 amide bonds. The molecule has 0 spiro atoms. The molecule has 1 fully saturated rings. The summed E-state index contributed by atoms with van der Waals surface area (Å²) in [6.45, 7) is 0.808. The van der Waals surface area contributed by atoms with Gasteiger partial charge in [0.1, 0.15) is 5.75 Å². The number of ether oxygens (including phenoxy) is 1. The SMILES string of the molecule is COc1ccc(C(F)(F)F)cc1-c1cccc(C(=O)N2CCC[C@H](O)C2)c1. The minimum Gasteiger partial charge on any atom is -0.496 e. The van der Waals surface area contributed by atoms with Crippen LogP contribution in [0.15, 0.2) is 42.5 Å². The summed E-state index contributed by atoms with van der Waals surface area (Å²) in [5, 5.41) is 9.77. The van der Waals surface area contributed by atoms with Gasteiger partial charge in [-0.1, -0.05) is 12.1 Å². The smallest absolute Gasteiger partial charge is 0.416 e. The van der Waals surface area contributed by atoms with Crippen LogP contribution >= 0.6 is 0 Å². The number of β-amino-alcohol motifs (C(OH)–C–C–N with tert-alkyl or cyclic N) is 1.